The Bertz CT molecular complexity index is 584. The fourth-order valence-electron chi connectivity index (χ4n) is 2.24. The third kappa shape index (κ3) is 3.20. The van der Waals surface area contributed by atoms with Crippen molar-refractivity contribution in [1.29, 1.82) is 0 Å². The van der Waals surface area contributed by atoms with Crippen molar-refractivity contribution in [3.05, 3.63) is 40.8 Å². The van der Waals surface area contributed by atoms with Crippen molar-refractivity contribution < 1.29 is 0 Å². The molecular formula is C16H22N4. The largest absolute Gasteiger partial charge is 0.330 e. The van der Waals surface area contributed by atoms with E-state index < -0.39 is 0 Å². The minimum Gasteiger partial charge on any atom is -0.330 e. The molecule has 0 aliphatic rings. The van der Waals surface area contributed by atoms with Crippen LogP contribution in [0.5, 0.6) is 0 Å². The Balaban J connectivity index is 2.40. The van der Waals surface area contributed by atoms with E-state index >= 15 is 0 Å². The second-order valence-electron chi connectivity index (χ2n) is 5.46. The molecule has 0 saturated carbocycles. The summed E-state index contributed by atoms with van der Waals surface area (Å²) in [6.07, 6.45) is 2.72. The van der Waals surface area contributed by atoms with Crippen LogP contribution in [0.15, 0.2) is 18.3 Å². The average Bonchev–Trinajstić information content (AvgIpc) is 2.42. The van der Waals surface area contributed by atoms with Crippen LogP contribution in [0.3, 0.4) is 0 Å². The summed E-state index contributed by atoms with van der Waals surface area (Å²) in [5.74, 6) is 1.15. The van der Waals surface area contributed by atoms with E-state index in [-0.39, 0.29) is 0 Å². The molecule has 2 aromatic rings. The molecule has 2 heterocycles. The molecule has 0 fully saturated rings. The summed E-state index contributed by atoms with van der Waals surface area (Å²) < 4.78 is 0. The van der Waals surface area contributed by atoms with Gasteiger partial charge in [0.25, 0.3) is 0 Å². The molecule has 0 aliphatic carbocycles. The van der Waals surface area contributed by atoms with Gasteiger partial charge < -0.3 is 5.73 Å². The van der Waals surface area contributed by atoms with Gasteiger partial charge in [0, 0.05) is 17.6 Å². The Morgan fingerprint density at radius 3 is 2.35 bits per heavy atom. The Hall–Kier alpha value is -1.81. The number of pyridine rings is 1. The van der Waals surface area contributed by atoms with Gasteiger partial charge in [-0.15, -0.1) is 0 Å². The highest BCUT2D eigenvalue weighted by molar-refractivity contribution is 5.51. The quantitative estimate of drug-likeness (QED) is 0.927. The van der Waals surface area contributed by atoms with E-state index in [0.29, 0.717) is 18.3 Å². The monoisotopic (exact) mass is 270 g/mol. The predicted molar refractivity (Wildman–Crippen MR) is 81.4 cm³/mol. The Morgan fingerprint density at radius 1 is 1.15 bits per heavy atom. The lowest BCUT2D eigenvalue weighted by atomic mass is 9.99. The number of hydrogen-bond acceptors (Lipinski definition) is 4. The second kappa shape index (κ2) is 6.09. The zero-order chi connectivity index (χ0) is 14.7. The molecule has 4 heteroatoms. The van der Waals surface area contributed by atoms with Gasteiger partial charge in [-0.25, -0.2) is 9.97 Å². The second-order valence-corrected chi connectivity index (χ2v) is 5.46. The van der Waals surface area contributed by atoms with Crippen LogP contribution in [0.2, 0.25) is 0 Å². The number of nitrogens with two attached hydrogens (primary N) is 1. The van der Waals surface area contributed by atoms with Crippen LogP contribution < -0.4 is 5.73 Å². The number of hydrogen-bond donors (Lipinski definition) is 1. The fourth-order valence-corrected chi connectivity index (χ4v) is 2.24. The summed E-state index contributed by atoms with van der Waals surface area (Å²) >= 11 is 0. The highest BCUT2D eigenvalue weighted by Crippen LogP contribution is 2.20. The fraction of sp³-hybridized carbons (Fsp3) is 0.438. The van der Waals surface area contributed by atoms with Gasteiger partial charge >= 0.3 is 0 Å². The Labute approximate surface area is 120 Å². The van der Waals surface area contributed by atoms with Crippen molar-refractivity contribution in [3.8, 4) is 11.5 Å². The first kappa shape index (κ1) is 14.6. The number of nitrogens with zero attached hydrogens (tertiary/aromatic N) is 3. The number of aromatic nitrogens is 3. The van der Waals surface area contributed by atoms with E-state index in [9.17, 15) is 0 Å². The zero-order valence-corrected chi connectivity index (χ0v) is 12.6. The van der Waals surface area contributed by atoms with Gasteiger partial charge in [0.05, 0.1) is 0 Å². The van der Waals surface area contributed by atoms with Crippen molar-refractivity contribution >= 4 is 0 Å². The van der Waals surface area contributed by atoms with Gasteiger partial charge in [0.15, 0.2) is 5.82 Å². The molecule has 0 radical (unpaired) electrons. The van der Waals surface area contributed by atoms with Crippen LogP contribution in [0.4, 0.5) is 0 Å². The first-order valence-corrected chi connectivity index (χ1v) is 6.98. The molecule has 2 N–H and O–H groups in total. The lowest BCUT2D eigenvalue weighted by Crippen LogP contribution is -2.15. The summed E-state index contributed by atoms with van der Waals surface area (Å²) in [6.45, 7) is 8.94. The van der Waals surface area contributed by atoms with Gasteiger partial charge in [0.2, 0.25) is 0 Å². The Morgan fingerprint density at radius 2 is 1.80 bits per heavy atom. The van der Waals surface area contributed by atoms with Crippen LogP contribution in [-0.2, 0) is 6.42 Å². The summed E-state index contributed by atoms with van der Waals surface area (Å²) in [7, 11) is 0. The van der Waals surface area contributed by atoms with Gasteiger partial charge in [0.1, 0.15) is 5.69 Å². The van der Waals surface area contributed by atoms with Gasteiger partial charge in [-0.3, -0.25) is 4.98 Å². The molecule has 1 unspecified atom stereocenters. The molecule has 0 amide bonds. The molecule has 0 saturated heterocycles. The van der Waals surface area contributed by atoms with Crippen molar-refractivity contribution in [2.24, 2.45) is 11.7 Å². The number of rotatable bonds is 4. The molecule has 2 rings (SSSR count). The third-order valence-corrected chi connectivity index (χ3v) is 3.52. The molecule has 0 aromatic carbocycles. The van der Waals surface area contributed by atoms with Crippen LogP contribution >= 0.6 is 0 Å². The summed E-state index contributed by atoms with van der Waals surface area (Å²) in [5, 5.41) is 0. The molecule has 20 heavy (non-hydrogen) atoms. The highest BCUT2D eigenvalue weighted by atomic mass is 14.9. The van der Waals surface area contributed by atoms with Gasteiger partial charge in [-0.1, -0.05) is 6.92 Å². The maximum absolute atomic E-state index is 5.71. The molecular weight excluding hydrogens is 248 g/mol. The van der Waals surface area contributed by atoms with E-state index in [1.807, 2.05) is 32.9 Å². The topological polar surface area (TPSA) is 64.7 Å². The van der Waals surface area contributed by atoms with Crippen LogP contribution in [0.25, 0.3) is 11.5 Å². The van der Waals surface area contributed by atoms with E-state index in [1.165, 1.54) is 5.56 Å². The maximum Gasteiger partial charge on any atom is 0.178 e. The third-order valence-electron chi connectivity index (χ3n) is 3.52. The lowest BCUT2D eigenvalue weighted by Gasteiger charge is -2.14. The first-order chi connectivity index (χ1) is 9.51. The zero-order valence-electron chi connectivity index (χ0n) is 12.6. The predicted octanol–water partition coefficient (Wildman–Crippen LogP) is 2.60. The summed E-state index contributed by atoms with van der Waals surface area (Å²) in [4.78, 5) is 13.6. The summed E-state index contributed by atoms with van der Waals surface area (Å²) in [5.41, 5.74) is 11.0. The molecule has 106 valence electrons. The normalized spacial score (nSPS) is 12.4. The molecule has 0 bridgehead atoms. The minimum atomic E-state index is 0.443. The van der Waals surface area contributed by atoms with Gasteiger partial charge in [-0.05, 0) is 62.9 Å². The van der Waals surface area contributed by atoms with Gasteiger partial charge in [-0.2, -0.15) is 0 Å². The molecule has 2 aromatic heterocycles. The van der Waals surface area contributed by atoms with Crippen molar-refractivity contribution in [2.75, 3.05) is 6.54 Å². The number of aryl methyl sites for hydroxylation is 3. The average molecular weight is 270 g/mol. The first-order valence-electron chi connectivity index (χ1n) is 6.98. The molecule has 1 atom stereocenters. The maximum atomic E-state index is 5.71. The SMILES string of the molecule is Cc1ccnc(-c2nc(C)c(CC(C)CN)c(C)n2)c1. The highest BCUT2D eigenvalue weighted by Gasteiger charge is 2.13. The minimum absolute atomic E-state index is 0.443. The molecule has 0 spiro atoms. The molecule has 4 nitrogen and oxygen atoms in total. The van der Waals surface area contributed by atoms with Crippen LogP contribution in [0, 0.1) is 26.7 Å². The van der Waals surface area contributed by atoms with E-state index in [4.69, 9.17) is 5.73 Å². The van der Waals surface area contributed by atoms with Crippen LogP contribution in [0.1, 0.15) is 29.4 Å². The van der Waals surface area contributed by atoms with Crippen LogP contribution in [-0.4, -0.2) is 21.5 Å². The van der Waals surface area contributed by atoms with Crippen molar-refractivity contribution in [3.63, 3.8) is 0 Å². The van der Waals surface area contributed by atoms with E-state index in [1.54, 1.807) is 6.20 Å². The van der Waals surface area contributed by atoms with Crippen molar-refractivity contribution in [1.82, 2.24) is 15.0 Å². The van der Waals surface area contributed by atoms with Crippen molar-refractivity contribution in [2.45, 2.75) is 34.1 Å². The molecule has 0 aliphatic heterocycles. The van der Waals surface area contributed by atoms with E-state index in [0.717, 1.165) is 29.1 Å². The lowest BCUT2D eigenvalue weighted by molar-refractivity contribution is 0.586. The summed E-state index contributed by atoms with van der Waals surface area (Å²) in [6, 6.07) is 3.98. The standard InChI is InChI=1S/C16H22N4/c1-10-5-6-18-15(8-10)16-19-12(3)14(13(4)20-16)7-11(2)9-17/h5-6,8,11H,7,9,17H2,1-4H3. The Kier molecular flexibility index (Phi) is 4.45. The van der Waals surface area contributed by atoms with E-state index in [2.05, 4.69) is 21.9 Å². The smallest absolute Gasteiger partial charge is 0.178 e.